The Morgan fingerprint density at radius 2 is 0.750 bits per heavy atom. The first-order valence-corrected chi connectivity index (χ1v) is 17.9. The highest BCUT2D eigenvalue weighted by Gasteiger charge is 2.16. The van der Waals surface area contributed by atoms with Gasteiger partial charge < -0.3 is 9.80 Å². The average molecular weight is 673 g/mol. The first-order chi connectivity index (χ1) is 25.4. The first kappa shape index (κ1) is 34.1. The standard InChI is InChI=1S/C50H44N2/c1-37-19-33-49(40(4)34-37)51(45-14-7-5-8-15-45)47-29-25-41(26-30-47)21-23-43-12-11-13-44(36-43)24-22-42-27-31-48(32-28-42)52(46-16-9-6-10-17-46)50-35-38(2)18-20-39(50)3/h5-36H,1-4H3. The quantitative estimate of drug-likeness (QED) is 0.133. The number of benzene rings is 7. The number of hydrogen-bond donors (Lipinski definition) is 0. The van der Waals surface area contributed by atoms with Gasteiger partial charge in [0.25, 0.3) is 0 Å². The number of hydrogen-bond acceptors (Lipinski definition) is 2. The van der Waals surface area contributed by atoms with Gasteiger partial charge in [0.15, 0.2) is 0 Å². The lowest BCUT2D eigenvalue weighted by atomic mass is 10.1. The van der Waals surface area contributed by atoms with Crippen LogP contribution in [0.4, 0.5) is 34.1 Å². The van der Waals surface area contributed by atoms with E-state index in [1.807, 2.05) is 0 Å². The van der Waals surface area contributed by atoms with Crippen LogP contribution in [0, 0.1) is 27.7 Å². The van der Waals surface area contributed by atoms with E-state index in [4.69, 9.17) is 0 Å². The van der Waals surface area contributed by atoms with E-state index in [1.165, 1.54) is 33.6 Å². The lowest BCUT2D eigenvalue weighted by molar-refractivity contribution is 1.24. The van der Waals surface area contributed by atoms with Crippen molar-refractivity contribution >= 4 is 58.4 Å². The predicted octanol–water partition coefficient (Wildman–Crippen LogP) is 14.2. The van der Waals surface area contributed by atoms with Gasteiger partial charge in [0, 0.05) is 34.1 Å². The van der Waals surface area contributed by atoms with E-state index >= 15 is 0 Å². The molecular weight excluding hydrogens is 629 g/mol. The van der Waals surface area contributed by atoms with Crippen LogP contribution in [0.1, 0.15) is 44.5 Å². The summed E-state index contributed by atoms with van der Waals surface area (Å²) in [5.74, 6) is 0. The second-order valence-electron chi connectivity index (χ2n) is 13.4. The molecule has 0 heterocycles. The molecule has 2 heteroatoms. The second kappa shape index (κ2) is 15.7. The minimum atomic E-state index is 1.13. The van der Waals surface area contributed by atoms with E-state index in [0.29, 0.717) is 0 Å². The second-order valence-corrected chi connectivity index (χ2v) is 13.4. The Kier molecular flexibility index (Phi) is 10.3. The maximum Gasteiger partial charge on any atom is 0.0493 e. The summed E-state index contributed by atoms with van der Waals surface area (Å²) in [5, 5.41) is 0. The van der Waals surface area contributed by atoms with Gasteiger partial charge in [-0.05, 0) is 133 Å². The molecule has 0 amide bonds. The third-order valence-corrected chi connectivity index (χ3v) is 9.38. The maximum atomic E-state index is 2.34. The Bertz CT molecular complexity index is 2320. The lowest BCUT2D eigenvalue weighted by Crippen LogP contribution is -2.11. The van der Waals surface area contributed by atoms with Crippen molar-refractivity contribution in [3.63, 3.8) is 0 Å². The molecule has 0 saturated carbocycles. The Morgan fingerprint density at radius 1 is 0.308 bits per heavy atom. The van der Waals surface area contributed by atoms with Gasteiger partial charge in [-0.3, -0.25) is 0 Å². The van der Waals surface area contributed by atoms with Crippen molar-refractivity contribution in [1.29, 1.82) is 0 Å². The minimum absolute atomic E-state index is 1.13. The van der Waals surface area contributed by atoms with E-state index in [-0.39, 0.29) is 0 Å². The van der Waals surface area contributed by atoms with E-state index in [2.05, 4.69) is 232 Å². The topological polar surface area (TPSA) is 6.48 Å². The number of nitrogens with zero attached hydrogens (tertiary/aromatic N) is 2. The zero-order chi connectivity index (χ0) is 35.9. The Labute approximate surface area is 309 Å². The van der Waals surface area contributed by atoms with Crippen molar-refractivity contribution in [2.45, 2.75) is 27.7 Å². The molecule has 0 saturated heterocycles. The van der Waals surface area contributed by atoms with Gasteiger partial charge in [-0.25, -0.2) is 0 Å². The molecule has 2 nitrogen and oxygen atoms in total. The van der Waals surface area contributed by atoms with Crippen LogP contribution in [0.5, 0.6) is 0 Å². The van der Waals surface area contributed by atoms with Crippen LogP contribution in [0.2, 0.25) is 0 Å². The van der Waals surface area contributed by atoms with Gasteiger partial charge in [0.2, 0.25) is 0 Å². The van der Waals surface area contributed by atoms with Crippen LogP contribution < -0.4 is 9.80 Å². The SMILES string of the molecule is Cc1ccc(N(c2ccccc2)c2ccc(C=Cc3cccc(C=Cc4ccc(N(c5ccccc5)c5cc(C)ccc5C)cc4)c3)cc2)c(C)c1. The molecule has 7 rings (SSSR count). The molecule has 254 valence electrons. The van der Waals surface area contributed by atoms with Crippen molar-refractivity contribution in [3.05, 3.63) is 214 Å². The fraction of sp³-hybridized carbons (Fsp3) is 0.0800. The average Bonchev–Trinajstić information content (AvgIpc) is 3.18. The van der Waals surface area contributed by atoms with E-state index < -0.39 is 0 Å². The highest BCUT2D eigenvalue weighted by molar-refractivity contribution is 5.82. The Morgan fingerprint density at radius 3 is 1.27 bits per heavy atom. The smallest absolute Gasteiger partial charge is 0.0493 e. The van der Waals surface area contributed by atoms with Gasteiger partial charge in [-0.2, -0.15) is 0 Å². The predicted molar refractivity (Wildman–Crippen MR) is 225 cm³/mol. The van der Waals surface area contributed by atoms with Gasteiger partial charge in [-0.15, -0.1) is 0 Å². The molecule has 0 aliphatic heterocycles. The largest absolute Gasteiger partial charge is 0.310 e. The summed E-state index contributed by atoms with van der Waals surface area (Å²) in [6.07, 6.45) is 8.74. The lowest BCUT2D eigenvalue weighted by Gasteiger charge is -2.27. The number of aryl methyl sites for hydroxylation is 4. The van der Waals surface area contributed by atoms with E-state index in [0.717, 1.165) is 45.0 Å². The third-order valence-electron chi connectivity index (χ3n) is 9.38. The number of para-hydroxylation sites is 2. The molecule has 0 bridgehead atoms. The molecule has 0 atom stereocenters. The fourth-order valence-corrected chi connectivity index (χ4v) is 6.65. The molecule has 0 unspecified atom stereocenters. The van der Waals surface area contributed by atoms with Gasteiger partial charge in [0.05, 0.1) is 0 Å². The van der Waals surface area contributed by atoms with Crippen LogP contribution in [-0.4, -0.2) is 0 Å². The molecule has 0 spiro atoms. The summed E-state index contributed by atoms with van der Waals surface area (Å²) in [6.45, 7) is 8.65. The van der Waals surface area contributed by atoms with Crippen molar-refractivity contribution in [1.82, 2.24) is 0 Å². The van der Waals surface area contributed by atoms with Gasteiger partial charge in [0.1, 0.15) is 0 Å². The maximum absolute atomic E-state index is 2.34. The normalized spacial score (nSPS) is 11.3. The highest BCUT2D eigenvalue weighted by atomic mass is 15.1. The van der Waals surface area contributed by atoms with Gasteiger partial charge >= 0.3 is 0 Å². The molecule has 0 fully saturated rings. The van der Waals surface area contributed by atoms with Crippen LogP contribution in [-0.2, 0) is 0 Å². The zero-order valence-corrected chi connectivity index (χ0v) is 30.4. The summed E-state index contributed by atoms with van der Waals surface area (Å²) in [4.78, 5) is 4.67. The van der Waals surface area contributed by atoms with Crippen molar-refractivity contribution in [2.24, 2.45) is 0 Å². The third kappa shape index (κ3) is 7.98. The van der Waals surface area contributed by atoms with Crippen LogP contribution in [0.15, 0.2) is 170 Å². The van der Waals surface area contributed by atoms with Crippen molar-refractivity contribution in [3.8, 4) is 0 Å². The molecule has 7 aromatic carbocycles. The molecule has 0 aromatic heterocycles. The molecule has 0 radical (unpaired) electrons. The summed E-state index contributed by atoms with van der Waals surface area (Å²) < 4.78 is 0. The first-order valence-electron chi connectivity index (χ1n) is 17.9. The zero-order valence-electron chi connectivity index (χ0n) is 30.4. The van der Waals surface area contributed by atoms with Crippen LogP contribution in [0.3, 0.4) is 0 Å². The van der Waals surface area contributed by atoms with E-state index in [1.54, 1.807) is 0 Å². The summed E-state index contributed by atoms with van der Waals surface area (Å²) in [6, 6.07) is 60.7. The Balaban J connectivity index is 1.07. The summed E-state index contributed by atoms with van der Waals surface area (Å²) >= 11 is 0. The molecule has 7 aromatic rings. The summed E-state index contributed by atoms with van der Waals surface area (Å²) in [5.41, 5.74) is 16.6. The Hall–Kier alpha value is -6.38. The fourth-order valence-electron chi connectivity index (χ4n) is 6.65. The summed E-state index contributed by atoms with van der Waals surface area (Å²) in [7, 11) is 0. The monoisotopic (exact) mass is 672 g/mol. The highest BCUT2D eigenvalue weighted by Crippen LogP contribution is 2.38. The van der Waals surface area contributed by atoms with Crippen molar-refractivity contribution < 1.29 is 0 Å². The molecule has 0 aliphatic rings. The number of anilines is 6. The van der Waals surface area contributed by atoms with E-state index in [9.17, 15) is 0 Å². The van der Waals surface area contributed by atoms with Crippen molar-refractivity contribution in [2.75, 3.05) is 9.80 Å². The molecular formula is C50H44N2. The van der Waals surface area contributed by atoms with Gasteiger partial charge in [-0.1, -0.05) is 133 Å². The van der Waals surface area contributed by atoms with Crippen LogP contribution >= 0.6 is 0 Å². The van der Waals surface area contributed by atoms with Crippen LogP contribution in [0.25, 0.3) is 24.3 Å². The molecule has 0 aliphatic carbocycles. The number of rotatable bonds is 10. The molecule has 0 N–H and O–H groups in total. The molecule has 52 heavy (non-hydrogen) atoms. The minimum Gasteiger partial charge on any atom is -0.310 e.